The fourth-order valence-electron chi connectivity index (χ4n) is 2.15. The molecule has 0 aliphatic carbocycles. The maximum atomic E-state index is 13.6. The van der Waals surface area contributed by atoms with E-state index in [0.29, 0.717) is 10.9 Å². The third-order valence-electron chi connectivity index (χ3n) is 3.12. The van der Waals surface area contributed by atoms with Crippen molar-refractivity contribution in [2.75, 3.05) is 0 Å². The third-order valence-corrected chi connectivity index (χ3v) is 3.12. The maximum Gasteiger partial charge on any atom is 0.199 e. The van der Waals surface area contributed by atoms with Crippen molar-refractivity contribution in [2.45, 2.75) is 6.54 Å². The summed E-state index contributed by atoms with van der Waals surface area (Å²) < 4.78 is 28.0. The van der Waals surface area contributed by atoms with Crippen molar-refractivity contribution in [3.05, 3.63) is 65.9 Å². The molecule has 4 heteroatoms. The van der Waals surface area contributed by atoms with Crippen LogP contribution in [-0.2, 0) is 6.54 Å². The quantitative estimate of drug-likeness (QED) is 0.746. The summed E-state index contributed by atoms with van der Waals surface area (Å²) in [4.78, 5) is 0. The van der Waals surface area contributed by atoms with Crippen molar-refractivity contribution < 1.29 is 13.9 Å². The summed E-state index contributed by atoms with van der Waals surface area (Å²) in [6, 6.07) is 10.8. The molecule has 0 unspecified atom stereocenters. The Morgan fingerprint density at radius 1 is 1.05 bits per heavy atom. The molecule has 1 heterocycles. The number of fused-ring (bicyclic) bond motifs is 1. The summed E-state index contributed by atoms with van der Waals surface area (Å²) in [5, 5.41) is 11.7. The lowest BCUT2D eigenvalue weighted by atomic mass is 10.2. The number of halogens is 2. The van der Waals surface area contributed by atoms with E-state index in [-0.39, 0.29) is 12.4 Å². The van der Waals surface area contributed by atoms with Crippen molar-refractivity contribution in [2.24, 2.45) is 0 Å². The Kier molecular flexibility index (Phi) is 2.71. The zero-order valence-electron chi connectivity index (χ0n) is 9.98. The Balaban J connectivity index is 2.03. The largest absolute Gasteiger partial charge is 0.494 e. The van der Waals surface area contributed by atoms with Crippen LogP contribution in [0.3, 0.4) is 0 Å². The number of nitrogens with zero attached hydrogens (tertiary/aromatic N) is 1. The van der Waals surface area contributed by atoms with Crippen LogP contribution in [0.1, 0.15) is 5.56 Å². The van der Waals surface area contributed by atoms with E-state index in [1.54, 1.807) is 16.8 Å². The fraction of sp³-hybridized carbons (Fsp3) is 0.0667. The Morgan fingerprint density at radius 2 is 1.84 bits per heavy atom. The Labute approximate surface area is 108 Å². The summed E-state index contributed by atoms with van der Waals surface area (Å²) in [5.41, 5.74) is 0.331. The molecule has 0 aliphatic rings. The summed E-state index contributed by atoms with van der Waals surface area (Å²) in [7, 11) is 0. The zero-order valence-corrected chi connectivity index (χ0v) is 9.98. The van der Waals surface area contributed by atoms with Crippen molar-refractivity contribution in [1.29, 1.82) is 0 Å². The first-order chi connectivity index (χ1) is 9.15. The minimum absolute atomic E-state index is 0.0827. The fourth-order valence-corrected chi connectivity index (χ4v) is 2.15. The highest BCUT2D eigenvalue weighted by molar-refractivity contribution is 5.87. The zero-order chi connectivity index (χ0) is 13.4. The van der Waals surface area contributed by atoms with Crippen molar-refractivity contribution in [3.63, 3.8) is 0 Å². The summed E-state index contributed by atoms with van der Waals surface area (Å²) in [6.45, 7) is 0.159. The minimum atomic E-state index is -0.614. The van der Waals surface area contributed by atoms with Gasteiger partial charge in [-0.1, -0.05) is 24.3 Å². The van der Waals surface area contributed by atoms with Gasteiger partial charge in [-0.3, -0.25) is 0 Å². The van der Waals surface area contributed by atoms with Crippen LogP contribution >= 0.6 is 0 Å². The maximum absolute atomic E-state index is 13.6. The molecule has 0 atom stereocenters. The van der Waals surface area contributed by atoms with E-state index in [2.05, 4.69) is 0 Å². The first kappa shape index (κ1) is 11.7. The number of rotatable bonds is 2. The molecule has 3 rings (SSSR count). The van der Waals surface area contributed by atoms with Gasteiger partial charge in [0.25, 0.3) is 0 Å². The van der Waals surface area contributed by atoms with Crippen LogP contribution in [-0.4, -0.2) is 9.67 Å². The smallest absolute Gasteiger partial charge is 0.199 e. The van der Waals surface area contributed by atoms with Gasteiger partial charge in [-0.15, -0.1) is 0 Å². The molecular weight excluding hydrogens is 248 g/mol. The van der Waals surface area contributed by atoms with E-state index in [1.807, 2.05) is 18.2 Å². The molecule has 0 amide bonds. The van der Waals surface area contributed by atoms with E-state index in [4.69, 9.17) is 0 Å². The molecule has 1 N–H and O–H groups in total. The van der Waals surface area contributed by atoms with Crippen LogP contribution in [0.5, 0.6) is 5.88 Å². The van der Waals surface area contributed by atoms with Crippen molar-refractivity contribution in [1.82, 2.24) is 4.57 Å². The van der Waals surface area contributed by atoms with Crippen molar-refractivity contribution in [3.8, 4) is 5.88 Å². The highest BCUT2D eigenvalue weighted by Gasteiger charge is 2.10. The normalized spacial score (nSPS) is 11.1. The monoisotopic (exact) mass is 259 g/mol. The van der Waals surface area contributed by atoms with Crippen LogP contribution in [0.25, 0.3) is 10.8 Å². The van der Waals surface area contributed by atoms with E-state index in [1.165, 1.54) is 12.1 Å². The Hall–Kier alpha value is -2.36. The molecule has 0 fully saturated rings. The van der Waals surface area contributed by atoms with Gasteiger partial charge in [-0.2, -0.15) is 0 Å². The lowest BCUT2D eigenvalue weighted by Crippen LogP contribution is -2.00. The highest BCUT2D eigenvalue weighted by Crippen LogP contribution is 2.27. The van der Waals surface area contributed by atoms with Gasteiger partial charge in [0, 0.05) is 28.6 Å². The third kappa shape index (κ3) is 2.05. The molecule has 0 bridgehead atoms. The number of benzene rings is 2. The first-order valence-corrected chi connectivity index (χ1v) is 5.86. The molecule has 0 saturated carbocycles. The number of hydrogen-bond donors (Lipinski definition) is 1. The summed E-state index contributed by atoms with van der Waals surface area (Å²) in [5.74, 6) is -1.14. The summed E-state index contributed by atoms with van der Waals surface area (Å²) >= 11 is 0. The van der Waals surface area contributed by atoms with Gasteiger partial charge in [-0.25, -0.2) is 8.78 Å². The molecule has 1 aromatic heterocycles. The SMILES string of the molecule is Oc1c2ccccc2cn1Cc1ccc(F)cc1F. The minimum Gasteiger partial charge on any atom is -0.494 e. The van der Waals surface area contributed by atoms with Gasteiger partial charge in [-0.05, 0) is 12.1 Å². The van der Waals surface area contributed by atoms with Gasteiger partial charge < -0.3 is 9.67 Å². The van der Waals surface area contributed by atoms with E-state index < -0.39 is 11.6 Å². The molecule has 96 valence electrons. The van der Waals surface area contributed by atoms with Crippen molar-refractivity contribution >= 4 is 10.8 Å². The summed E-state index contributed by atoms with van der Waals surface area (Å²) in [6.07, 6.45) is 1.74. The van der Waals surface area contributed by atoms with Crippen LogP contribution in [0.4, 0.5) is 8.78 Å². The Morgan fingerprint density at radius 3 is 2.58 bits per heavy atom. The standard InChI is InChI=1S/C15H11F2NO/c16-12-6-5-11(14(17)7-12)9-18-8-10-3-1-2-4-13(10)15(18)19/h1-8,19H,9H2. The first-order valence-electron chi connectivity index (χ1n) is 5.86. The number of aromatic hydroxyl groups is 1. The van der Waals surface area contributed by atoms with E-state index in [0.717, 1.165) is 11.5 Å². The number of aromatic nitrogens is 1. The molecule has 3 aromatic rings. The molecule has 0 radical (unpaired) electrons. The highest BCUT2D eigenvalue weighted by atomic mass is 19.1. The molecule has 2 nitrogen and oxygen atoms in total. The van der Waals surface area contributed by atoms with Gasteiger partial charge >= 0.3 is 0 Å². The molecule has 2 aromatic carbocycles. The van der Waals surface area contributed by atoms with Gasteiger partial charge in [0.05, 0.1) is 6.54 Å². The lowest BCUT2D eigenvalue weighted by molar-refractivity contribution is 0.428. The van der Waals surface area contributed by atoms with Crippen LogP contribution in [0, 0.1) is 11.6 Å². The molecule has 0 aliphatic heterocycles. The molecule has 0 saturated heterocycles. The van der Waals surface area contributed by atoms with E-state index in [9.17, 15) is 13.9 Å². The number of hydrogen-bond acceptors (Lipinski definition) is 1. The van der Waals surface area contributed by atoms with Gasteiger partial charge in [0.15, 0.2) is 5.88 Å². The predicted octanol–water partition coefficient (Wildman–Crippen LogP) is 3.67. The molecule has 19 heavy (non-hydrogen) atoms. The Bertz CT molecular complexity index is 749. The van der Waals surface area contributed by atoms with Crippen LogP contribution in [0.15, 0.2) is 48.7 Å². The topological polar surface area (TPSA) is 25.2 Å². The second-order valence-corrected chi connectivity index (χ2v) is 4.40. The van der Waals surface area contributed by atoms with Gasteiger partial charge in [0.1, 0.15) is 11.6 Å². The molecular formula is C15H11F2NO. The van der Waals surface area contributed by atoms with Crippen LogP contribution in [0.2, 0.25) is 0 Å². The second kappa shape index (κ2) is 4.39. The lowest BCUT2D eigenvalue weighted by Gasteiger charge is -2.06. The predicted molar refractivity (Wildman–Crippen MR) is 69.1 cm³/mol. The average molecular weight is 259 g/mol. The molecule has 0 spiro atoms. The second-order valence-electron chi connectivity index (χ2n) is 4.40. The average Bonchev–Trinajstić information content (AvgIpc) is 2.70. The van der Waals surface area contributed by atoms with Crippen LogP contribution < -0.4 is 0 Å². The van der Waals surface area contributed by atoms with Gasteiger partial charge in [0.2, 0.25) is 0 Å². The van der Waals surface area contributed by atoms with E-state index >= 15 is 0 Å².